The van der Waals surface area contributed by atoms with Crippen LogP contribution in [0.5, 0.6) is 0 Å². The monoisotopic (exact) mass is 236 g/mol. The number of rotatable bonds is 5. The fourth-order valence-electron chi connectivity index (χ4n) is 2.49. The second-order valence-electron chi connectivity index (χ2n) is 5.35. The fraction of sp³-hybridized carbons (Fsp3) is 0.846. The summed E-state index contributed by atoms with van der Waals surface area (Å²) in [7, 11) is 0. The summed E-state index contributed by atoms with van der Waals surface area (Å²) in [5.74, 6) is 3.54. The lowest BCUT2D eigenvalue weighted by molar-refractivity contribution is 0.341. The van der Waals surface area contributed by atoms with Crippen LogP contribution in [0.1, 0.15) is 51.2 Å². The molecule has 0 bridgehead atoms. The van der Waals surface area contributed by atoms with Crippen molar-refractivity contribution in [2.24, 2.45) is 5.92 Å². The normalized spacial score (nSPS) is 19.6. The molecule has 0 saturated carbocycles. The SMILES string of the molecule is CCCNCC1CCc2nnc(C(C)C)n2C1. The van der Waals surface area contributed by atoms with E-state index in [4.69, 9.17) is 0 Å². The highest BCUT2D eigenvalue weighted by molar-refractivity contribution is 5.03. The number of hydrogen-bond donors (Lipinski definition) is 1. The number of nitrogens with zero attached hydrogens (tertiary/aromatic N) is 3. The predicted octanol–water partition coefficient (Wildman–Crippen LogP) is 1.96. The Bertz CT molecular complexity index is 356. The molecule has 1 aromatic rings. The van der Waals surface area contributed by atoms with Crippen LogP contribution in [0, 0.1) is 5.92 Å². The van der Waals surface area contributed by atoms with Crippen LogP contribution >= 0.6 is 0 Å². The van der Waals surface area contributed by atoms with Crippen molar-refractivity contribution in [2.45, 2.75) is 52.5 Å². The highest BCUT2D eigenvalue weighted by atomic mass is 15.3. The number of nitrogens with one attached hydrogen (secondary N) is 1. The summed E-state index contributed by atoms with van der Waals surface area (Å²) >= 11 is 0. The smallest absolute Gasteiger partial charge is 0.135 e. The molecule has 1 atom stereocenters. The zero-order valence-corrected chi connectivity index (χ0v) is 11.2. The van der Waals surface area contributed by atoms with Crippen LogP contribution < -0.4 is 5.32 Å². The highest BCUT2D eigenvalue weighted by Gasteiger charge is 2.23. The first-order valence-corrected chi connectivity index (χ1v) is 6.85. The molecule has 17 heavy (non-hydrogen) atoms. The van der Waals surface area contributed by atoms with E-state index < -0.39 is 0 Å². The van der Waals surface area contributed by atoms with E-state index in [0.717, 1.165) is 37.8 Å². The summed E-state index contributed by atoms with van der Waals surface area (Å²) in [6, 6.07) is 0. The number of hydrogen-bond acceptors (Lipinski definition) is 3. The molecular formula is C13H24N4. The van der Waals surface area contributed by atoms with Gasteiger partial charge in [-0.3, -0.25) is 0 Å². The van der Waals surface area contributed by atoms with Crippen molar-refractivity contribution >= 4 is 0 Å². The maximum absolute atomic E-state index is 4.32. The van der Waals surface area contributed by atoms with Crippen molar-refractivity contribution in [3.8, 4) is 0 Å². The van der Waals surface area contributed by atoms with E-state index in [0.29, 0.717) is 5.92 Å². The molecule has 0 spiro atoms. The Hall–Kier alpha value is -0.900. The summed E-state index contributed by atoms with van der Waals surface area (Å²) in [4.78, 5) is 0. The molecule has 0 amide bonds. The zero-order chi connectivity index (χ0) is 12.3. The third-order valence-corrected chi connectivity index (χ3v) is 3.45. The molecule has 0 saturated heterocycles. The third-order valence-electron chi connectivity index (χ3n) is 3.45. The summed E-state index contributed by atoms with van der Waals surface area (Å²) in [5, 5.41) is 12.1. The van der Waals surface area contributed by atoms with E-state index >= 15 is 0 Å². The summed E-state index contributed by atoms with van der Waals surface area (Å²) in [6.07, 6.45) is 3.53. The summed E-state index contributed by atoms with van der Waals surface area (Å²) in [6.45, 7) is 9.94. The van der Waals surface area contributed by atoms with Crippen molar-refractivity contribution in [3.63, 3.8) is 0 Å². The molecule has 0 radical (unpaired) electrons. The molecule has 4 nitrogen and oxygen atoms in total. The summed E-state index contributed by atoms with van der Waals surface area (Å²) < 4.78 is 2.34. The Kier molecular flexibility index (Phi) is 4.15. The second kappa shape index (κ2) is 5.63. The standard InChI is InChI=1S/C13H24N4/c1-4-7-14-8-11-5-6-12-15-16-13(10(2)3)17(12)9-11/h10-11,14H,4-9H2,1-3H3. The minimum atomic E-state index is 0.471. The van der Waals surface area contributed by atoms with Gasteiger partial charge >= 0.3 is 0 Å². The molecule has 1 N–H and O–H groups in total. The average molecular weight is 236 g/mol. The van der Waals surface area contributed by atoms with E-state index in [1.807, 2.05) is 0 Å². The van der Waals surface area contributed by atoms with Gasteiger partial charge in [0.1, 0.15) is 11.6 Å². The average Bonchev–Trinajstić information content (AvgIpc) is 2.72. The maximum Gasteiger partial charge on any atom is 0.135 e. The van der Waals surface area contributed by atoms with E-state index in [1.165, 1.54) is 18.7 Å². The van der Waals surface area contributed by atoms with Gasteiger partial charge in [-0.15, -0.1) is 10.2 Å². The molecule has 0 aliphatic carbocycles. The molecule has 1 unspecified atom stereocenters. The third kappa shape index (κ3) is 2.86. The first-order chi connectivity index (χ1) is 8.22. The minimum Gasteiger partial charge on any atom is -0.316 e. The molecule has 1 aromatic heterocycles. The number of fused-ring (bicyclic) bond motifs is 1. The van der Waals surface area contributed by atoms with Gasteiger partial charge in [-0.2, -0.15) is 0 Å². The van der Waals surface area contributed by atoms with Gasteiger partial charge < -0.3 is 9.88 Å². The van der Waals surface area contributed by atoms with Gasteiger partial charge in [0.05, 0.1) is 0 Å². The lowest BCUT2D eigenvalue weighted by atomic mass is 9.98. The van der Waals surface area contributed by atoms with Crippen molar-refractivity contribution in [3.05, 3.63) is 11.6 Å². The van der Waals surface area contributed by atoms with Crippen molar-refractivity contribution in [1.82, 2.24) is 20.1 Å². The Morgan fingerprint density at radius 3 is 2.94 bits per heavy atom. The van der Waals surface area contributed by atoms with Crippen LogP contribution in [-0.2, 0) is 13.0 Å². The maximum atomic E-state index is 4.32. The largest absolute Gasteiger partial charge is 0.316 e. The molecule has 4 heteroatoms. The van der Waals surface area contributed by atoms with E-state index in [2.05, 4.69) is 40.9 Å². The molecule has 0 aromatic carbocycles. The quantitative estimate of drug-likeness (QED) is 0.795. The molecule has 96 valence electrons. The number of aryl methyl sites for hydroxylation is 1. The van der Waals surface area contributed by atoms with E-state index in [1.54, 1.807) is 0 Å². The van der Waals surface area contributed by atoms with Crippen LogP contribution in [0.25, 0.3) is 0 Å². The highest BCUT2D eigenvalue weighted by Crippen LogP contribution is 2.22. The van der Waals surface area contributed by atoms with Gasteiger partial charge in [-0.05, 0) is 31.8 Å². The van der Waals surface area contributed by atoms with Gasteiger partial charge in [0, 0.05) is 18.9 Å². The Balaban J connectivity index is 1.99. The van der Waals surface area contributed by atoms with Crippen LogP contribution in [0.4, 0.5) is 0 Å². The topological polar surface area (TPSA) is 42.7 Å². The van der Waals surface area contributed by atoms with Crippen molar-refractivity contribution < 1.29 is 0 Å². The molecular weight excluding hydrogens is 212 g/mol. The first-order valence-electron chi connectivity index (χ1n) is 6.85. The van der Waals surface area contributed by atoms with Crippen molar-refractivity contribution in [1.29, 1.82) is 0 Å². The van der Waals surface area contributed by atoms with Crippen LogP contribution in [0.3, 0.4) is 0 Å². The Morgan fingerprint density at radius 2 is 2.24 bits per heavy atom. The van der Waals surface area contributed by atoms with Gasteiger partial charge in [0.15, 0.2) is 0 Å². The molecule has 2 rings (SSSR count). The van der Waals surface area contributed by atoms with Gasteiger partial charge in [0.25, 0.3) is 0 Å². The molecule has 0 fully saturated rings. The minimum absolute atomic E-state index is 0.471. The van der Waals surface area contributed by atoms with Crippen LogP contribution in [0.15, 0.2) is 0 Å². The zero-order valence-electron chi connectivity index (χ0n) is 11.2. The molecule has 1 aliphatic heterocycles. The van der Waals surface area contributed by atoms with Gasteiger partial charge in [-0.1, -0.05) is 20.8 Å². The molecule has 2 heterocycles. The second-order valence-corrected chi connectivity index (χ2v) is 5.35. The van der Waals surface area contributed by atoms with Crippen LogP contribution in [-0.4, -0.2) is 27.9 Å². The van der Waals surface area contributed by atoms with Crippen LogP contribution in [0.2, 0.25) is 0 Å². The first kappa shape index (κ1) is 12.6. The predicted molar refractivity (Wildman–Crippen MR) is 69.1 cm³/mol. The molecule has 1 aliphatic rings. The lowest BCUT2D eigenvalue weighted by Crippen LogP contribution is -2.31. The van der Waals surface area contributed by atoms with E-state index in [9.17, 15) is 0 Å². The summed E-state index contributed by atoms with van der Waals surface area (Å²) in [5.41, 5.74) is 0. The number of aromatic nitrogens is 3. The Morgan fingerprint density at radius 1 is 1.41 bits per heavy atom. The fourth-order valence-corrected chi connectivity index (χ4v) is 2.49. The van der Waals surface area contributed by atoms with Crippen molar-refractivity contribution in [2.75, 3.05) is 13.1 Å². The van der Waals surface area contributed by atoms with E-state index in [-0.39, 0.29) is 0 Å². The lowest BCUT2D eigenvalue weighted by Gasteiger charge is -2.25. The Labute approximate surface area is 104 Å². The van der Waals surface area contributed by atoms with Gasteiger partial charge in [0.2, 0.25) is 0 Å². The van der Waals surface area contributed by atoms with Gasteiger partial charge in [-0.25, -0.2) is 0 Å².